The molecule has 2 heterocycles. The molecule has 0 aliphatic heterocycles. The second-order valence-electron chi connectivity index (χ2n) is 5.54. The van der Waals surface area contributed by atoms with Gasteiger partial charge in [-0.05, 0) is 42.0 Å². The van der Waals surface area contributed by atoms with Gasteiger partial charge in [0.2, 0.25) is 5.95 Å². The third-order valence-electron chi connectivity index (χ3n) is 3.62. The summed E-state index contributed by atoms with van der Waals surface area (Å²) in [6, 6.07) is 10.8. The summed E-state index contributed by atoms with van der Waals surface area (Å²) >= 11 is 1.77. The molecule has 104 valence electrons. The molecule has 3 nitrogen and oxygen atoms in total. The van der Waals surface area contributed by atoms with Crippen molar-refractivity contribution in [1.29, 1.82) is 0 Å². The molecule has 0 bridgehead atoms. The minimum absolute atomic E-state index is 0.238. The lowest BCUT2D eigenvalue weighted by Crippen LogP contribution is -2.17. The zero-order valence-electron chi connectivity index (χ0n) is 12.0. The molecule has 0 aliphatic rings. The number of fused-ring (bicyclic) bond motifs is 1. The molecule has 3 aromatic rings. The Morgan fingerprint density at radius 2 is 2.05 bits per heavy atom. The molecule has 0 spiro atoms. The topological polar surface area (TPSA) is 43.8 Å². The summed E-state index contributed by atoms with van der Waals surface area (Å²) in [6.45, 7) is 6.55. The third kappa shape index (κ3) is 2.10. The number of aromatic nitrogens is 2. The minimum atomic E-state index is 0.238. The average molecular weight is 285 g/mol. The van der Waals surface area contributed by atoms with Crippen molar-refractivity contribution in [3.63, 3.8) is 0 Å². The number of anilines is 1. The standard InChI is InChI=1S/C16H19N3S/c1-10(2)15(14-5-4-8-20-14)19-13-9-11(3)6-7-12(13)18-16(19)17/h4-10,15H,1-3H3,(H2,17,18). The smallest absolute Gasteiger partial charge is 0.201 e. The molecule has 0 saturated heterocycles. The fourth-order valence-electron chi connectivity index (χ4n) is 2.73. The van der Waals surface area contributed by atoms with Gasteiger partial charge in [-0.15, -0.1) is 11.3 Å². The number of rotatable bonds is 3. The molecule has 0 fully saturated rings. The van der Waals surface area contributed by atoms with Crippen LogP contribution in [0.5, 0.6) is 0 Å². The quantitative estimate of drug-likeness (QED) is 0.782. The Kier molecular flexibility index (Phi) is 3.26. The first-order valence-electron chi connectivity index (χ1n) is 6.85. The van der Waals surface area contributed by atoms with Crippen LogP contribution in [0.4, 0.5) is 5.95 Å². The van der Waals surface area contributed by atoms with Crippen LogP contribution < -0.4 is 5.73 Å². The highest BCUT2D eigenvalue weighted by Crippen LogP contribution is 2.35. The van der Waals surface area contributed by atoms with E-state index in [9.17, 15) is 0 Å². The summed E-state index contributed by atoms with van der Waals surface area (Å²) in [4.78, 5) is 5.84. The molecular weight excluding hydrogens is 266 g/mol. The van der Waals surface area contributed by atoms with E-state index in [1.165, 1.54) is 10.4 Å². The zero-order chi connectivity index (χ0) is 14.3. The van der Waals surface area contributed by atoms with Crippen molar-refractivity contribution in [2.24, 2.45) is 5.92 Å². The Bertz CT molecular complexity index is 726. The summed E-state index contributed by atoms with van der Waals surface area (Å²) in [5, 5.41) is 2.12. The maximum absolute atomic E-state index is 6.20. The second-order valence-corrected chi connectivity index (χ2v) is 6.52. The molecule has 4 heteroatoms. The van der Waals surface area contributed by atoms with Crippen LogP contribution in [-0.2, 0) is 0 Å². The summed E-state index contributed by atoms with van der Waals surface area (Å²) in [5.41, 5.74) is 9.52. The third-order valence-corrected chi connectivity index (χ3v) is 4.56. The summed E-state index contributed by atoms with van der Waals surface area (Å²) in [7, 11) is 0. The summed E-state index contributed by atoms with van der Waals surface area (Å²) < 4.78 is 2.18. The monoisotopic (exact) mass is 285 g/mol. The van der Waals surface area contributed by atoms with Crippen LogP contribution in [0.25, 0.3) is 11.0 Å². The Morgan fingerprint density at radius 3 is 2.70 bits per heavy atom. The number of hydrogen-bond donors (Lipinski definition) is 1. The zero-order valence-corrected chi connectivity index (χ0v) is 12.8. The van der Waals surface area contributed by atoms with E-state index in [-0.39, 0.29) is 6.04 Å². The molecule has 2 aromatic heterocycles. The van der Waals surface area contributed by atoms with Gasteiger partial charge in [-0.3, -0.25) is 0 Å². The van der Waals surface area contributed by atoms with Crippen LogP contribution in [-0.4, -0.2) is 9.55 Å². The number of imidazole rings is 1. The van der Waals surface area contributed by atoms with Gasteiger partial charge < -0.3 is 10.3 Å². The van der Waals surface area contributed by atoms with Gasteiger partial charge in [-0.25, -0.2) is 4.98 Å². The SMILES string of the molecule is Cc1ccc2nc(N)n(C(c3cccs3)C(C)C)c2c1. The van der Waals surface area contributed by atoms with Crippen molar-refractivity contribution < 1.29 is 0 Å². The molecule has 1 unspecified atom stereocenters. The predicted octanol–water partition coefficient (Wildman–Crippen LogP) is 4.23. The van der Waals surface area contributed by atoms with E-state index >= 15 is 0 Å². The normalized spacial score (nSPS) is 13.2. The first-order valence-corrected chi connectivity index (χ1v) is 7.73. The van der Waals surface area contributed by atoms with Gasteiger partial charge in [0.25, 0.3) is 0 Å². The number of hydrogen-bond acceptors (Lipinski definition) is 3. The summed E-state index contributed by atoms with van der Waals surface area (Å²) in [6.07, 6.45) is 0. The molecule has 3 rings (SSSR count). The Labute approximate surface area is 123 Å². The van der Waals surface area contributed by atoms with Crippen LogP contribution in [0, 0.1) is 12.8 Å². The van der Waals surface area contributed by atoms with E-state index in [0.29, 0.717) is 11.9 Å². The molecular formula is C16H19N3S. The van der Waals surface area contributed by atoms with Gasteiger partial charge in [0.05, 0.1) is 17.1 Å². The highest BCUT2D eigenvalue weighted by molar-refractivity contribution is 7.10. The number of aryl methyl sites for hydroxylation is 1. The molecule has 0 amide bonds. The van der Waals surface area contributed by atoms with Gasteiger partial charge in [-0.1, -0.05) is 26.0 Å². The predicted molar refractivity (Wildman–Crippen MR) is 86.2 cm³/mol. The van der Waals surface area contributed by atoms with Crippen LogP contribution >= 0.6 is 11.3 Å². The van der Waals surface area contributed by atoms with Crippen molar-refractivity contribution >= 4 is 28.3 Å². The van der Waals surface area contributed by atoms with Gasteiger partial charge in [-0.2, -0.15) is 0 Å². The Balaban J connectivity index is 2.25. The first kappa shape index (κ1) is 13.2. The highest BCUT2D eigenvalue weighted by Gasteiger charge is 2.23. The largest absolute Gasteiger partial charge is 0.369 e. The molecule has 2 N–H and O–H groups in total. The van der Waals surface area contributed by atoms with Gasteiger partial charge in [0.15, 0.2) is 0 Å². The molecule has 0 aliphatic carbocycles. The van der Waals surface area contributed by atoms with Crippen molar-refractivity contribution in [2.75, 3.05) is 5.73 Å². The Hall–Kier alpha value is -1.81. The maximum atomic E-state index is 6.20. The number of benzene rings is 1. The van der Waals surface area contributed by atoms with E-state index in [1.54, 1.807) is 11.3 Å². The molecule has 1 atom stereocenters. The van der Waals surface area contributed by atoms with E-state index in [1.807, 2.05) is 6.07 Å². The van der Waals surface area contributed by atoms with Crippen molar-refractivity contribution in [3.8, 4) is 0 Å². The van der Waals surface area contributed by atoms with E-state index in [4.69, 9.17) is 5.73 Å². The van der Waals surface area contributed by atoms with Crippen molar-refractivity contribution in [1.82, 2.24) is 9.55 Å². The number of nitrogens with zero attached hydrogens (tertiary/aromatic N) is 2. The van der Waals surface area contributed by atoms with Gasteiger partial charge >= 0.3 is 0 Å². The molecule has 0 radical (unpaired) electrons. The number of thiophene rings is 1. The van der Waals surface area contributed by atoms with E-state index in [2.05, 4.69) is 60.0 Å². The highest BCUT2D eigenvalue weighted by atomic mass is 32.1. The lowest BCUT2D eigenvalue weighted by atomic mass is 10.0. The Morgan fingerprint density at radius 1 is 1.25 bits per heavy atom. The lowest BCUT2D eigenvalue weighted by molar-refractivity contribution is 0.457. The molecule has 1 aromatic carbocycles. The first-order chi connectivity index (χ1) is 9.58. The van der Waals surface area contributed by atoms with Gasteiger partial charge in [0, 0.05) is 4.88 Å². The summed E-state index contributed by atoms with van der Waals surface area (Å²) in [5.74, 6) is 1.05. The van der Waals surface area contributed by atoms with Gasteiger partial charge in [0.1, 0.15) is 0 Å². The molecule has 0 saturated carbocycles. The number of nitrogens with two attached hydrogens (primary N) is 1. The van der Waals surface area contributed by atoms with Crippen LogP contribution in [0.15, 0.2) is 35.7 Å². The van der Waals surface area contributed by atoms with Crippen LogP contribution in [0.2, 0.25) is 0 Å². The van der Waals surface area contributed by atoms with E-state index in [0.717, 1.165) is 11.0 Å². The van der Waals surface area contributed by atoms with E-state index < -0.39 is 0 Å². The van der Waals surface area contributed by atoms with Crippen LogP contribution in [0.1, 0.15) is 30.3 Å². The second kappa shape index (κ2) is 4.94. The minimum Gasteiger partial charge on any atom is -0.369 e. The van der Waals surface area contributed by atoms with Crippen molar-refractivity contribution in [3.05, 3.63) is 46.2 Å². The van der Waals surface area contributed by atoms with Crippen LogP contribution in [0.3, 0.4) is 0 Å². The fourth-order valence-corrected chi connectivity index (χ4v) is 3.72. The lowest BCUT2D eigenvalue weighted by Gasteiger charge is -2.23. The van der Waals surface area contributed by atoms with Crippen molar-refractivity contribution in [2.45, 2.75) is 26.8 Å². The molecule has 20 heavy (non-hydrogen) atoms. The number of nitrogen functional groups attached to an aromatic ring is 1. The maximum Gasteiger partial charge on any atom is 0.201 e. The fraction of sp³-hybridized carbons (Fsp3) is 0.312. The average Bonchev–Trinajstić information content (AvgIpc) is 3.00.